The Labute approximate surface area is 67.9 Å². The maximum atomic E-state index is 10.5. The van der Waals surface area contributed by atoms with Crippen LogP contribution in [0.1, 0.15) is 34.1 Å². The topological polar surface area (TPSA) is 52.3 Å². The van der Waals surface area contributed by atoms with Gasteiger partial charge in [0, 0.05) is 0 Å². The lowest BCUT2D eigenvalue weighted by atomic mass is 9.90. The molecule has 0 aliphatic carbocycles. The quantitative estimate of drug-likeness (QED) is 0.683. The fraction of sp³-hybridized carbons (Fsp3) is 0.875. The highest BCUT2D eigenvalue weighted by molar-refractivity contribution is 5.65. The van der Waals surface area contributed by atoms with Crippen molar-refractivity contribution in [2.75, 3.05) is 0 Å². The third kappa shape index (κ3) is 2.78. The Kier molecular flexibility index (Phi) is 3.36. The molecule has 0 bridgehead atoms. The average Bonchev–Trinajstić information content (AvgIpc) is 1.86. The summed E-state index contributed by atoms with van der Waals surface area (Å²) < 4.78 is 4.99. The van der Waals surface area contributed by atoms with Crippen molar-refractivity contribution < 1.29 is 9.53 Å². The first-order valence-corrected chi connectivity index (χ1v) is 3.91. The van der Waals surface area contributed by atoms with Crippen LogP contribution in [0, 0.1) is 5.92 Å². The minimum atomic E-state index is -0.692. The van der Waals surface area contributed by atoms with E-state index < -0.39 is 11.7 Å². The number of hydrogen-bond donors (Lipinski definition) is 1. The average molecular weight is 159 g/mol. The Morgan fingerprint density at radius 1 is 1.64 bits per heavy atom. The normalized spacial score (nSPS) is 16.1. The van der Waals surface area contributed by atoms with E-state index in [4.69, 9.17) is 10.5 Å². The lowest BCUT2D eigenvalue weighted by Crippen LogP contribution is -2.38. The predicted octanol–water partition coefficient (Wildman–Crippen LogP) is 1.91. The largest absolute Gasteiger partial charge is 0.443 e. The number of nitrogens with two attached hydrogens (primary N) is 1. The number of carbonyl (C=O) groups is 1. The third-order valence-electron chi connectivity index (χ3n) is 2.26. The van der Waals surface area contributed by atoms with Crippen molar-refractivity contribution in [2.45, 2.75) is 39.7 Å². The Morgan fingerprint density at radius 3 is 2.18 bits per heavy atom. The summed E-state index contributed by atoms with van der Waals surface area (Å²) in [5, 5.41) is 0. The number of hydrogen-bond acceptors (Lipinski definition) is 2. The molecule has 0 aliphatic rings. The van der Waals surface area contributed by atoms with Gasteiger partial charge in [-0.3, -0.25) is 0 Å². The fourth-order valence-corrected chi connectivity index (χ4v) is 0.828. The molecule has 0 aromatic heterocycles. The molecule has 1 atom stereocenters. The van der Waals surface area contributed by atoms with E-state index in [0.29, 0.717) is 5.92 Å². The highest BCUT2D eigenvalue weighted by Crippen LogP contribution is 2.24. The van der Waals surface area contributed by atoms with Crippen LogP contribution in [0.5, 0.6) is 0 Å². The van der Waals surface area contributed by atoms with Gasteiger partial charge >= 0.3 is 6.09 Å². The van der Waals surface area contributed by atoms with E-state index in [2.05, 4.69) is 0 Å². The van der Waals surface area contributed by atoms with E-state index in [1.54, 1.807) is 0 Å². The van der Waals surface area contributed by atoms with Crippen LogP contribution >= 0.6 is 0 Å². The lowest BCUT2D eigenvalue weighted by molar-refractivity contribution is -0.00758. The zero-order valence-electron chi connectivity index (χ0n) is 7.68. The second-order valence-corrected chi connectivity index (χ2v) is 3.24. The van der Waals surface area contributed by atoms with Gasteiger partial charge in [0.1, 0.15) is 5.60 Å². The molecule has 66 valence electrons. The lowest BCUT2D eigenvalue weighted by Gasteiger charge is -2.31. The molecule has 0 spiro atoms. The zero-order valence-corrected chi connectivity index (χ0v) is 7.68. The first-order chi connectivity index (χ1) is 4.92. The molecule has 1 amide bonds. The second-order valence-electron chi connectivity index (χ2n) is 3.24. The Bertz CT molecular complexity index is 145. The summed E-state index contributed by atoms with van der Waals surface area (Å²) in [5.41, 5.74) is 4.52. The van der Waals surface area contributed by atoms with E-state index in [1.165, 1.54) is 0 Å². The van der Waals surface area contributed by atoms with E-state index in [-0.39, 0.29) is 0 Å². The van der Waals surface area contributed by atoms with Gasteiger partial charge in [0.25, 0.3) is 0 Å². The minimum absolute atomic E-state index is 0.292. The molecule has 3 heteroatoms. The van der Waals surface area contributed by atoms with E-state index in [1.807, 2.05) is 27.7 Å². The predicted molar refractivity (Wildman–Crippen MR) is 44.2 cm³/mol. The molecular weight excluding hydrogens is 142 g/mol. The van der Waals surface area contributed by atoms with Crippen molar-refractivity contribution in [1.82, 2.24) is 0 Å². The van der Waals surface area contributed by atoms with E-state index in [0.717, 1.165) is 6.42 Å². The Balaban J connectivity index is 4.22. The monoisotopic (exact) mass is 159 g/mol. The number of rotatable bonds is 3. The second kappa shape index (κ2) is 3.60. The molecule has 0 heterocycles. The number of amides is 1. The van der Waals surface area contributed by atoms with Crippen LogP contribution in [-0.2, 0) is 4.74 Å². The number of carbonyl (C=O) groups excluding carboxylic acids is 1. The summed E-state index contributed by atoms with van der Waals surface area (Å²) in [6.07, 6.45) is 0.0937. The molecule has 0 radical (unpaired) electrons. The van der Waals surface area contributed by atoms with Crippen LogP contribution < -0.4 is 5.73 Å². The molecule has 3 nitrogen and oxygen atoms in total. The molecule has 0 aromatic carbocycles. The first-order valence-electron chi connectivity index (χ1n) is 3.91. The summed E-state index contributed by atoms with van der Waals surface area (Å²) in [4.78, 5) is 10.5. The molecule has 0 fully saturated rings. The van der Waals surface area contributed by atoms with Crippen LogP contribution in [0.25, 0.3) is 0 Å². The van der Waals surface area contributed by atoms with Gasteiger partial charge in [0.05, 0.1) is 0 Å². The van der Waals surface area contributed by atoms with Crippen LogP contribution in [0.15, 0.2) is 0 Å². The highest BCUT2D eigenvalue weighted by Gasteiger charge is 2.29. The van der Waals surface area contributed by atoms with E-state index >= 15 is 0 Å². The number of ether oxygens (including phenoxy) is 1. The Morgan fingerprint density at radius 2 is 2.09 bits per heavy atom. The third-order valence-corrected chi connectivity index (χ3v) is 2.26. The van der Waals surface area contributed by atoms with Crippen LogP contribution in [0.4, 0.5) is 4.79 Å². The van der Waals surface area contributed by atoms with Crippen molar-refractivity contribution in [3.05, 3.63) is 0 Å². The van der Waals surface area contributed by atoms with Crippen LogP contribution in [0.3, 0.4) is 0 Å². The van der Waals surface area contributed by atoms with Crippen molar-refractivity contribution in [1.29, 1.82) is 0 Å². The first kappa shape index (κ1) is 10.3. The van der Waals surface area contributed by atoms with Gasteiger partial charge in [-0.05, 0) is 19.3 Å². The van der Waals surface area contributed by atoms with Crippen molar-refractivity contribution >= 4 is 6.09 Å². The van der Waals surface area contributed by atoms with Gasteiger partial charge in [0.2, 0.25) is 0 Å². The standard InChI is InChI=1S/C8H17NO2/c1-5-8(4,6(2)3)11-7(9)10/h6H,5H2,1-4H3,(H2,9,10). The van der Waals surface area contributed by atoms with Gasteiger partial charge in [-0.2, -0.15) is 0 Å². The van der Waals surface area contributed by atoms with E-state index in [9.17, 15) is 4.79 Å². The highest BCUT2D eigenvalue weighted by atomic mass is 16.6. The molecule has 0 saturated heterocycles. The summed E-state index contributed by atoms with van der Waals surface area (Å²) in [6, 6.07) is 0. The zero-order chi connectivity index (χ0) is 9.07. The fourth-order valence-electron chi connectivity index (χ4n) is 0.828. The van der Waals surface area contributed by atoms with Crippen LogP contribution in [0.2, 0.25) is 0 Å². The molecule has 0 aliphatic heterocycles. The maximum Gasteiger partial charge on any atom is 0.405 e. The maximum absolute atomic E-state index is 10.5. The summed E-state index contributed by atoms with van der Waals surface area (Å²) in [6.45, 7) is 7.88. The van der Waals surface area contributed by atoms with Crippen molar-refractivity contribution in [2.24, 2.45) is 11.7 Å². The Hall–Kier alpha value is -0.730. The molecular formula is C8H17NO2. The van der Waals surface area contributed by atoms with Crippen molar-refractivity contribution in [3.8, 4) is 0 Å². The van der Waals surface area contributed by atoms with Gasteiger partial charge in [-0.25, -0.2) is 4.79 Å². The van der Waals surface area contributed by atoms with Gasteiger partial charge < -0.3 is 10.5 Å². The van der Waals surface area contributed by atoms with Gasteiger partial charge in [-0.15, -0.1) is 0 Å². The molecule has 11 heavy (non-hydrogen) atoms. The molecule has 0 rings (SSSR count). The minimum Gasteiger partial charge on any atom is -0.443 e. The SMILES string of the molecule is CCC(C)(OC(N)=O)C(C)C. The molecule has 0 aromatic rings. The summed E-state index contributed by atoms with van der Waals surface area (Å²) in [5.74, 6) is 0.292. The molecule has 1 unspecified atom stereocenters. The molecule has 2 N–H and O–H groups in total. The molecule has 0 saturated carbocycles. The summed E-state index contributed by atoms with van der Waals surface area (Å²) >= 11 is 0. The van der Waals surface area contributed by atoms with Gasteiger partial charge in [0.15, 0.2) is 0 Å². The van der Waals surface area contributed by atoms with Gasteiger partial charge in [-0.1, -0.05) is 20.8 Å². The van der Waals surface area contributed by atoms with Crippen LogP contribution in [-0.4, -0.2) is 11.7 Å². The number of primary amides is 1. The van der Waals surface area contributed by atoms with Crippen molar-refractivity contribution in [3.63, 3.8) is 0 Å². The smallest absolute Gasteiger partial charge is 0.405 e. The summed E-state index contributed by atoms with van der Waals surface area (Å²) in [7, 11) is 0.